The van der Waals surface area contributed by atoms with Crippen LogP contribution < -0.4 is 4.74 Å². The van der Waals surface area contributed by atoms with Crippen LogP contribution in [0.2, 0.25) is 0 Å². The number of nitrogens with zero attached hydrogens (tertiary/aromatic N) is 1. The zero-order chi connectivity index (χ0) is 15.2. The highest BCUT2D eigenvalue weighted by Gasteiger charge is 2.33. The van der Waals surface area contributed by atoms with Gasteiger partial charge in [0, 0.05) is 11.0 Å². The van der Waals surface area contributed by atoms with Crippen molar-refractivity contribution in [2.24, 2.45) is 0 Å². The normalized spacial score (nSPS) is 18.2. The first-order chi connectivity index (χ1) is 10.1. The molecular weight excluding hydrogens is 342 g/mol. The summed E-state index contributed by atoms with van der Waals surface area (Å²) in [6.45, 7) is 0.760. The lowest BCUT2D eigenvalue weighted by Crippen LogP contribution is -2.54. The molecule has 1 saturated heterocycles. The Morgan fingerprint density at radius 3 is 3.00 bits per heavy atom. The highest BCUT2D eigenvalue weighted by molar-refractivity contribution is 9.10. The van der Waals surface area contributed by atoms with Gasteiger partial charge >= 0.3 is 5.97 Å². The number of ether oxygens (including phenoxy) is 3. The van der Waals surface area contributed by atoms with E-state index in [1.165, 1.54) is 12.0 Å². The summed E-state index contributed by atoms with van der Waals surface area (Å²) in [5.74, 6) is -0.167. The lowest BCUT2D eigenvalue weighted by Gasteiger charge is -2.33. The molecule has 2 rings (SSSR count). The molecule has 1 atom stereocenters. The van der Waals surface area contributed by atoms with Gasteiger partial charge in [0.2, 0.25) is 0 Å². The third-order valence-corrected chi connectivity index (χ3v) is 3.57. The van der Waals surface area contributed by atoms with Gasteiger partial charge in [-0.15, -0.1) is 0 Å². The smallest absolute Gasteiger partial charge is 0.331 e. The zero-order valence-electron chi connectivity index (χ0n) is 11.6. The maximum atomic E-state index is 12.2. The minimum Gasteiger partial charge on any atom is -0.484 e. The Morgan fingerprint density at radius 1 is 1.48 bits per heavy atom. The number of morpholine rings is 1. The summed E-state index contributed by atoms with van der Waals surface area (Å²) in [6, 6.07) is 6.50. The molecule has 114 valence electrons. The van der Waals surface area contributed by atoms with Crippen molar-refractivity contribution in [1.29, 1.82) is 0 Å². The Hall–Kier alpha value is -1.60. The van der Waals surface area contributed by atoms with Crippen LogP contribution in [0.25, 0.3) is 0 Å². The summed E-state index contributed by atoms with van der Waals surface area (Å²) < 4.78 is 16.2. The van der Waals surface area contributed by atoms with Gasteiger partial charge < -0.3 is 19.1 Å². The van der Waals surface area contributed by atoms with Crippen molar-refractivity contribution in [3.8, 4) is 5.75 Å². The van der Waals surface area contributed by atoms with Crippen molar-refractivity contribution in [3.63, 3.8) is 0 Å². The van der Waals surface area contributed by atoms with Crippen LogP contribution in [-0.2, 0) is 19.1 Å². The lowest BCUT2D eigenvalue weighted by molar-refractivity contribution is -0.161. The quantitative estimate of drug-likeness (QED) is 0.758. The predicted molar refractivity (Wildman–Crippen MR) is 78.0 cm³/mol. The molecule has 0 aromatic heterocycles. The monoisotopic (exact) mass is 357 g/mol. The first kappa shape index (κ1) is 15.8. The van der Waals surface area contributed by atoms with E-state index in [-0.39, 0.29) is 19.1 Å². The molecule has 1 aliphatic heterocycles. The zero-order valence-corrected chi connectivity index (χ0v) is 13.2. The molecule has 1 unspecified atom stereocenters. The van der Waals surface area contributed by atoms with E-state index in [4.69, 9.17) is 9.47 Å². The van der Waals surface area contributed by atoms with E-state index in [1.54, 1.807) is 12.1 Å². The lowest BCUT2D eigenvalue weighted by atomic mass is 10.2. The van der Waals surface area contributed by atoms with E-state index in [2.05, 4.69) is 20.7 Å². The molecule has 0 bridgehead atoms. The minimum atomic E-state index is -0.706. The summed E-state index contributed by atoms with van der Waals surface area (Å²) in [5.41, 5.74) is 0. The summed E-state index contributed by atoms with van der Waals surface area (Å²) in [6.07, 6.45) is 0. The van der Waals surface area contributed by atoms with Gasteiger partial charge in [-0.25, -0.2) is 4.79 Å². The average molecular weight is 358 g/mol. The van der Waals surface area contributed by atoms with Crippen LogP contribution in [0.3, 0.4) is 0 Å². The Kier molecular flexibility index (Phi) is 5.58. The van der Waals surface area contributed by atoms with E-state index in [0.29, 0.717) is 18.9 Å². The summed E-state index contributed by atoms with van der Waals surface area (Å²) in [4.78, 5) is 25.3. The molecule has 1 aliphatic rings. The Labute approximate surface area is 131 Å². The maximum Gasteiger partial charge on any atom is 0.331 e. The molecule has 1 aromatic rings. The van der Waals surface area contributed by atoms with Crippen LogP contribution in [0, 0.1) is 0 Å². The summed E-state index contributed by atoms with van der Waals surface area (Å²) >= 11 is 3.33. The number of esters is 1. The van der Waals surface area contributed by atoms with E-state index < -0.39 is 12.0 Å². The van der Waals surface area contributed by atoms with Crippen LogP contribution in [0.4, 0.5) is 0 Å². The molecular formula is C14H16BrNO5. The number of methoxy groups -OCH3 is 1. The fourth-order valence-corrected chi connectivity index (χ4v) is 2.40. The van der Waals surface area contributed by atoms with Crippen molar-refractivity contribution in [1.82, 2.24) is 4.90 Å². The molecule has 0 aliphatic carbocycles. The van der Waals surface area contributed by atoms with Crippen LogP contribution >= 0.6 is 15.9 Å². The SMILES string of the molecule is COC(=O)C1COCCN1C(=O)COc1cccc(Br)c1. The topological polar surface area (TPSA) is 65.1 Å². The summed E-state index contributed by atoms with van der Waals surface area (Å²) in [5, 5.41) is 0. The van der Waals surface area contributed by atoms with Crippen molar-refractivity contribution >= 4 is 27.8 Å². The molecule has 6 nitrogen and oxygen atoms in total. The number of hydrogen-bond acceptors (Lipinski definition) is 5. The first-order valence-electron chi connectivity index (χ1n) is 6.45. The molecule has 7 heteroatoms. The number of carbonyl (C=O) groups excluding carboxylic acids is 2. The molecule has 0 saturated carbocycles. The second kappa shape index (κ2) is 7.42. The van der Waals surface area contributed by atoms with Crippen molar-refractivity contribution in [2.45, 2.75) is 6.04 Å². The van der Waals surface area contributed by atoms with Gasteiger partial charge in [0.1, 0.15) is 5.75 Å². The van der Waals surface area contributed by atoms with E-state index in [1.807, 2.05) is 12.1 Å². The minimum absolute atomic E-state index is 0.135. The standard InChI is InChI=1S/C14H16BrNO5/c1-19-14(18)12-8-20-6-5-16(12)13(17)9-21-11-4-2-3-10(15)7-11/h2-4,7,12H,5-6,8-9H2,1H3. The van der Waals surface area contributed by atoms with Crippen molar-refractivity contribution in [3.05, 3.63) is 28.7 Å². The van der Waals surface area contributed by atoms with Crippen molar-refractivity contribution in [2.75, 3.05) is 33.5 Å². The molecule has 0 radical (unpaired) electrons. The van der Waals surface area contributed by atoms with Crippen LogP contribution in [0.15, 0.2) is 28.7 Å². The summed E-state index contributed by atoms with van der Waals surface area (Å²) in [7, 11) is 1.29. The second-order valence-corrected chi connectivity index (χ2v) is 5.36. The van der Waals surface area contributed by atoms with E-state index in [0.717, 1.165) is 4.47 Å². The molecule has 1 aromatic carbocycles. The third-order valence-electron chi connectivity index (χ3n) is 3.08. The molecule has 0 N–H and O–H groups in total. The van der Waals surface area contributed by atoms with Crippen LogP contribution in [0.5, 0.6) is 5.75 Å². The van der Waals surface area contributed by atoms with Crippen LogP contribution in [-0.4, -0.2) is 56.3 Å². The largest absolute Gasteiger partial charge is 0.484 e. The predicted octanol–water partition coefficient (Wildman–Crippen LogP) is 1.23. The Bertz CT molecular complexity index is 522. The Morgan fingerprint density at radius 2 is 2.29 bits per heavy atom. The Balaban J connectivity index is 1.96. The number of carbonyl (C=O) groups is 2. The van der Waals surface area contributed by atoms with Crippen molar-refractivity contribution < 1.29 is 23.8 Å². The maximum absolute atomic E-state index is 12.2. The molecule has 1 heterocycles. The molecule has 21 heavy (non-hydrogen) atoms. The van der Waals surface area contributed by atoms with Gasteiger partial charge in [0.15, 0.2) is 12.6 Å². The second-order valence-electron chi connectivity index (χ2n) is 4.45. The molecule has 1 amide bonds. The van der Waals surface area contributed by atoms with Gasteiger partial charge in [-0.2, -0.15) is 0 Å². The fraction of sp³-hybridized carbons (Fsp3) is 0.429. The number of rotatable bonds is 4. The van der Waals surface area contributed by atoms with Gasteiger partial charge in [-0.05, 0) is 18.2 Å². The molecule has 0 spiro atoms. The van der Waals surface area contributed by atoms with Gasteiger partial charge in [0.05, 0.1) is 20.3 Å². The number of benzene rings is 1. The average Bonchev–Trinajstić information content (AvgIpc) is 2.52. The molecule has 1 fully saturated rings. The highest BCUT2D eigenvalue weighted by atomic mass is 79.9. The van der Waals surface area contributed by atoms with E-state index >= 15 is 0 Å². The number of hydrogen-bond donors (Lipinski definition) is 0. The number of amides is 1. The highest BCUT2D eigenvalue weighted by Crippen LogP contribution is 2.18. The van der Waals surface area contributed by atoms with E-state index in [9.17, 15) is 9.59 Å². The van der Waals surface area contributed by atoms with Gasteiger partial charge in [-0.3, -0.25) is 4.79 Å². The van der Waals surface area contributed by atoms with Gasteiger partial charge in [0.25, 0.3) is 5.91 Å². The number of halogens is 1. The first-order valence-corrected chi connectivity index (χ1v) is 7.24. The fourth-order valence-electron chi connectivity index (χ4n) is 2.02. The third kappa shape index (κ3) is 4.18. The van der Waals surface area contributed by atoms with Crippen LogP contribution in [0.1, 0.15) is 0 Å². The van der Waals surface area contributed by atoms with Gasteiger partial charge in [-0.1, -0.05) is 22.0 Å².